The average molecular weight is 330 g/mol. The van der Waals surface area contributed by atoms with Crippen molar-refractivity contribution < 1.29 is 14.3 Å². The van der Waals surface area contributed by atoms with E-state index in [1.54, 1.807) is 7.11 Å². The summed E-state index contributed by atoms with van der Waals surface area (Å²) in [5.74, 6) is -0.290. The number of para-hydroxylation sites is 1. The van der Waals surface area contributed by atoms with Gasteiger partial charge in [-0.25, -0.2) is 9.48 Å². The minimum absolute atomic E-state index is 0.290. The number of hydrogen-bond acceptors (Lipinski definition) is 5. The van der Waals surface area contributed by atoms with Gasteiger partial charge in [-0.1, -0.05) is 18.2 Å². The summed E-state index contributed by atoms with van der Waals surface area (Å²) in [6.07, 6.45) is 0.698. The summed E-state index contributed by atoms with van der Waals surface area (Å²) in [7, 11) is 1.63. The quantitative estimate of drug-likeness (QED) is 0.512. The van der Waals surface area contributed by atoms with E-state index in [-0.39, 0.29) is 5.97 Å². The van der Waals surface area contributed by atoms with E-state index in [0.717, 1.165) is 21.6 Å². The summed E-state index contributed by atoms with van der Waals surface area (Å²) in [6, 6.07) is 11.8. The minimum Gasteiger partial charge on any atom is -0.461 e. The summed E-state index contributed by atoms with van der Waals surface area (Å²) in [5, 5.41) is 5.55. The van der Waals surface area contributed by atoms with Gasteiger partial charge in [0.15, 0.2) is 0 Å². The third kappa shape index (κ3) is 3.28. The Kier molecular flexibility index (Phi) is 4.73. The molecule has 0 bridgehead atoms. The van der Waals surface area contributed by atoms with Gasteiger partial charge in [0.1, 0.15) is 9.71 Å². The van der Waals surface area contributed by atoms with E-state index in [9.17, 15) is 4.79 Å². The molecule has 0 fully saturated rings. The van der Waals surface area contributed by atoms with Crippen molar-refractivity contribution in [2.24, 2.45) is 0 Å². The van der Waals surface area contributed by atoms with Gasteiger partial charge in [0, 0.05) is 25.5 Å². The molecule has 0 saturated carbocycles. The molecule has 3 rings (SSSR count). The molecule has 5 nitrogen and oxygen atoms in total. The van der Waals surface area contributed by atoms with Crippen LogP contribution in [0.5, 0.6) is 0 Å². The van der Waals surface area contributed by atoms with Crippen molar-refractivity contribution in [2.45, 2.75) is 13.3 Å². The van der Waals surface area contributed by atoms with Gasteiger partial charge in [-0.05, 0) is 25.1 Å². The number of thiophene rings is 1. The van der Waals surface area contributed by atoms with Gasteiger partial charge in [-0.3, -0.25) is 0 Å². The summed E-state index contributed by atoms with van der Waals surface area (Å²) < 4.78 is 12.1. The van der Waals surface area contributed by atoms with Crippen LogP contribution in [0.3, 0.4) is 0 Å². The second-order valence-corrected chi connectivity index (χ2v) is 6.18. The monoisotopic (exact) mass is 330 g/mol. The van der Waals surface area contributed by atoms with Gasteiger partial charge < -0.3 is 9.47 Å². The number of carbonyl (C=O) groups is 1. The lowest BCUT2D eigenvalue weighted by Crippen LogP contribution is -2.06. The van der Waals surface area contributed by atoms with Gasteiger partial charge in [0.25, 0.3) is 0 Å². The Morgan fingerprint density at radius 1 is 1.26 bits per heavy atom. The smallest absolute Gasteiger partial charge is 0.348 e. The van der Waals surface area contributed by atoms with E-state index in [2.05, 4.69) is 5.10 Å². The SMILES string of the molecule is COCCCOC(=O)c1cc2c(C)nn(-c3ccccc3)c2s1. The van der Waals surface area contributed by atoms with E-state index in [4.69, 9.17) is 9.47 Å². The molecule has 0 radical (unpaired) electrons. The van der Waals surface area contributed by atoms with E-state index < -0.39 is 0 Å². The molecule has 0 saturated heterocycles. The molecule has 1 aromatic carbocycles. The zero-order chi connectivity index (χ0) is 16.2. The highest BCUT2D eigenvalue weighted by atomic mass is 32.1. The lowest BCUT2D eigenvalue weighted by atomic mass is 10.3. The summed E-state index contributed by atoms with van der Waals surface area (Å²) in [6.45, 7) is 2.90. The maximum Gasteiger partial charge on any atom is 0.348 e. The van der Waals surface area contributed by atoms with E-state index >= 15 is 0 Å². The fraction of sp³-hybridized carbons (Fsp3) is 0.294. The van der Waals surface area contributed by atoms with Crippen LogP contribution in [0.2, 0.25) is 0 Å². The highest BCUT2D eigenvalue weighted by Crippen LogP contribution is 2.30. The molecule has 0 aliphatic heterocycles. The summed E-state index contributed by atoms with van der Waals surface area (Å²) in [5.41, 5.74) is 1.88. The van der Waals surface area contributed by atoms with Crippen LogP contribution >= 0.6 is 11.3 Å². The largest absolute Gasteiger partial charge is 0.461 e. The van der Waals surface area contributed by atoms with Gasteiger partial charge >= 0.3 is 5.97 Å². The van der Waals surface area contributed by atoms with E-state index in [0.29, 0.717) is 24.5 Å². The molecule has 0 N–H and O–H groups in total. The van der Waals surface area contributed by atoms with Crippen LogP contribution in [-0.4, -0.2) is 36.1 Å². The van der Waals surface area contributed by atoms with Crippen LogP contribution in [0.15, 0.2) is 36.4 Å². The van der Waals surface area contributed by atoms with Crippen molar-refractivity contribution in [3.63, 3.8) is 0 Å². The van der Waals surface area contributed by atoms with Gasteiger partial charge in [0.05, 0.1) is 18.0 Å². The second kappa shape index (κ2) is 6.93. The number of aryl methyl sites for hydroxylation is 1. The normalized spacial score (nSPS) is 11.0. The first kappa shape index (κ1) is 15.7. The van der Waals surface area contributed by atoms with Crippen molar-refractivity contribution >= 4 is 27.5 Å². The summed E-state index contributed by atoms with van der Waals surface area (Å²) in [4.78, 5) is 13.7. The van der Waals surface area contributed by atoms with Gasteiger partial charge in [0.2, 0.25) is 0 Å². The maximum atomic E-state index is 12.2. The number of ether oxygens (including phenoxy) is 2. The molecule has 3 aromatic rings. The average Bonchev–Trinajstić information content (AvgIpc) is 3.13. The molecule has 0 atom stereocenters. The third-order valence-corrected chi connectivity index (χ3v) is 4.56. The Morgan fingerprint density at radius 2 is 2.04 bits per heavy atom. The number of rotatable bonds is 6. The van der Waals surface area contributed by atoms with Crippen molar-refractivity contribution in [3.8, 4) is 5.69 Å². The Balaban J connectivity index is 1.86. The molecule has 23 heavy (non-hydrogen) atoms. The van der Waals surface area contributed by atoms with Crippen LogP contribution < -0.4 is 0 Å². The fourth-order valence-corrected chi connectivity index (χ4v) is 3.41. The number of nitrogens with zero attached hydrogens (tertiary/aromatic N) is 2. The number of esters is 1. The molecule has 120 valence electrons. The summed E-state index contributed by atoms with van der Waals surface area (Å²) >= 11 is 1.41. The lowest BCUT2D eigenvalue weighted by molar-refractivity contribution is 0.0474. The topological polar surface area (TPSA) is 53.4 Å². The van der Waals surface area contributed by atoms with Gasteiger partial charge in [-0.15, -0.1) is 11.3 Å². The first-order valence-corrected chi connectivity index (χ1v) is 8.23. The number of hydrogen-bond donors (Lipinski definition) is 0. The minimum atomic E-state index is -0.290. The van der Waals surface area contributed by atoms with Crippen LogP contribution in [-0.2, 0) is 9.47 Å². The number of fused-ring (bicyclic) bond motifs is 1. The van der Waals surface area contributed by atoms with Crippen LogP contribution in [0, 0.1) is 6.92 Å². The molecule has 2 aromatic heterocycles. The Morgan fingerprint density at radius 3 is 2.78 bits per heavy atom. The highest BCUT2D eigenvalue weighted by molar-refractivity contribution is 7.20. The first-order valence-electron chi connectivity index (χ1n) is 7.41. The van der Waals surface area contributed by atoms with Crippen molar-refractivity contribution in [1.82, 2.24) is 9.78 Å². The zero-order valence-electron chi connectivity index (χ0n) is 13.1. The van der Waals surface area contributed by atoms with Crippen molar-refractivity contribution in [1.29, 1.82) is 0 Å². The zero-order valence-corrected chi connectivity index (χ0v) is 13.9. The van der Waals surface area contributed by atoms with Crippen LogP contribution in [0.1, 0.15) is 21.8 Å². The molecule has 0 amide bonds. The molecule has 0 unspecified atom stereocenters. The third-order valence-electron chi connectivity index (χ3n) is 3.47. The number of methoxy groups -OCH3 is 1. The predicted molar refractivity (Wildman–Crippen MR) is 90.5 cm³/mol. The van der Waals surface area contributed by atoms with E-state index in [1.807, 2.05) is 48.0 Å². The van der Waals surface area contributed by atoms with Crippen LogP contribution in [0.4, 0.5) is 0 Å². The van der Waals surface area contributed by atoms with Crippen molar-refractivity contribution in [2.75, 3.05) is 20.3 Å². The Hall–Kier alpha value is -2.18. The molecular formula is C17H18N2O3S. The highest BCUT2D eigenvalue weighted by Gasteiger charge is 2.17. The lowest BCUT2D eigenvalue weighted by Gasteiger charge is -2.03. The Labute approximate surface area is 138 Å². The molecule has 0 aliphatic rings. The first-order chi connectivity index (χ1) is 11.2. The standard InChI is InChI=1S/C17H18N2O3S/c1-12-14-11-15(17(20)22-10-6-9-21-2)23-16(14)19(18-12)13-7-4-3-5-8-13/h3-5,7-8,11H,6,9-10H2,1-2H3. The number of aromatic nitrogens is 2. The predicted octanol–water partition coefficient (Wildman–Crippen LogP) is 3.59. The number of carbonyl (C=O) groups excluding carboxylic acids is 1. The molecule has 6 heteroatoms. The Bertz CT molecular complexity index is 808. The molecule has 2 heterocycles. The molecule has 0 aliphatic carbocycles. The van der Waals surface area contributed by atoms with E-state index in [1.165, 1.54) is 11.3 Å². The fourth-order valence-electron chi connectivity index (χ4n) is 2.33. The van der Waals surface area contributed by atoms with Crippen molar-refractivity contribution in [3.05, 3.63) is 47.0 Å². The number of benzene rings is 1. The second-order valence-electron chi connectivity index (χ2n) is 5.14. The maximum absolute atomic E-state index is 12.2. The molecular weight excluding hydrogens is 312 g/mol. The molecule has 0 spiro atoms. The van der Waals surface area contributed by atoms with Gasteiger partial charge in [-0.2, -0.15) is 5.10 Å². The van der Waals surface area contributed by atoms with Crippen LogP contribution in [0.25, 0.3) is 15.9 Å².